The van der Waals surface area contributed by atoms with Crippen molar-refractivity contribution in [1.82, 2.24) is 24.4 Å². The number of hydrogen-bond donors (Lipinski definition) is 2. The van der Waals surface area contributed by atoms with Gasteiger partial charge in [-0.05, 0) is 49.6 Å². The van der Waals surface area contributed by atoms with Crippen molar-refractivity contribution in [3.8, 4) is 5.69 Å². The van der Waals surface area contributed by atoms with Gasteiger partial charge in [-0.15, -0.1) is 0 Å². The molecule has 2 atom stereocenters. The summed E-state index contributed by atoms with van der Waals surface area (Å²) >= 11 is 6.15. The Kier molecular flexibility index (Phi) is 5.76. The van der Waals surface area contributed by atoms with Crippen LogP contribution in [0.3, 0.4) is 0 Å². The second-order valence-electron chi connectivity index (χ2n) is 9.24. The maximum Gasteiger partial charge on any atom is 0.225 e. The molecular formula is C24H30ClN7O. The highest BCUT2D eigenvalue weighted by atomic mass is 35.5. The van der Waals surface area contributed by atoms with Crippen LogP contribution in [-0.2, 0) is 5.54 Å². The van der Waals surface area contributed by atoms with Gasteiger partial charge < -0.3 is 19.9 Å². The molecule has 5 rings (SSSR count). The van der Waals surface area contributed by atoms with Crippen molar-refractivity contribution in [2.45, 2.75) is 51.5 Å². The van der Waals surface area contributed by atoms with Crippen LogP contribution in [0.15, 0.2) is 49.1 Å². The summed E-state index contributed by atoms with van der Waals surface area (Å²) in [4.78, 5) is 18.0. The quantitative estimate of drug-likeness (QED) is 0.546. The highest BCUT2D eigenvalue weighted by molar-refractivity contribution is 6.30. The van der Waals surface area contributed by atoms with Crippen LogP contribution in [0.1, 0.15) is 39.3 Å². The molecule has 2 aliphatic rings. The number of likely N-dealkylation sites (N-methyl/N-ethyl adjacent to an activating group) is 1. The van der Waals surface area contributed by atoms with E-state index in [4.69, 9.17) is 16.6 Å². The summed E-state index contributed by atoms with van der Waals surface area (Å²) in [6.45, 7) is 8.03. The third-order valence-corrected chi connectivity index (χ3v) is 6.95. The van der Waals surface area contributed by atoms with Gasteiger partial charge in [0, 0.05) is 35.7 Å². The molecule has 174 valence electrons. The molecule has 8 nitrogen and oxygen atoms in total. The molecule has 1 aliphatic heterocycles. The normalized spacial score (nSPS) is 22.2. The van der Waals surface area contributed by atoms with Crippen LogP contribution < -0.4 is 10.2 Å². The molecule has 2 fully saturated rings. The largest absolute Gasteiger partial charge is 0.361 e. The van der Waals surface area contributed by atoms with E-state index in [1.54, 1.807) is 6.20 Å². The number of aromatic nitrogens is 4. The zero-order valence-electron chi connectivity index (χ0n) is 19.2. The summed E-state index contributed by atoms with van der Waals surface area (Å²) in [7, 11) is 0. The highest BCUT2D eigenvalue weighted by Gasteiger charge is 2.47. The lowest BCUT2D eigenvalue weighted by Crippen LogP contribution is -2.42. The zero-order chi connectivity index (χ0) is 23.2. The van der Waals surface area contributed by atoms with Crippen LogP contribution in [-0.4, -0.2) is 55.0 Å². The lowest BCUT2D eigenvalue weighted by molar-refractivity contribution is 0.0433. The van der Waals surface area contributed by atoms with Crippen LogP contribution in [0.2, 0.25) is 5.02 Å². The number of aliphatic hydroxyl groups is 1. The Morgan fingerprint density at radius 2 is 2.06 bits per heavy atom. The van der Waals surface area contributed by atoms with Gasteiger partial charge in [0.2, 0.25) is 5.95 Å². The van der Waals surface area contributed by atoms with E-state index in [1.165, 1.54) is 0 Å². The third kappa shape index (κ3) is 4.18. The molecule has 1 aromatic carbocycles. The van der Waals surface area contributed by atoms with E-state index in [1.807, 2.05) is 52.3 Å². The molecular weight excluding hydrogens is 438 g/mol. The van der Waals surface area contributed by atoms with Gasteiger partial charge >= 0.3 is 0 Å². The van der Waals surface area contributed by atoms with Crippen molar-refractivity contribution in [1.29, 1.82) is 0 Å². The molecule has 2 N–H and O–H groups in total. The molecule has 1 saturated carbocycles. The van der Waals surface area contributed by atoms with Crippen molar-refractivity contribution in [2.24, 2.45) is 5.92 Å². The van der Waals surface area contributed by atoms with Crippen LogP contribution in [0.4, 0.5) is 11.8 Å². The summed E-state index contributed by atoms with van der Waals surface area (Å²) in [5.41, 5.74) is 1.65. The first-order valence-electron chi connectivity index (χ1n) is 11.5. The first-order valence-corrected chi connectivity index (χ1v) is 11.9. The van der Waals surface area contributed by atoms with Crippen LogP contribution in [0.5, 0.6) is 0 Å². The van der Waals surface area contributed by atoms with E-state index >= 15 is 0 Å². The molecule has 3 heterocycles. The Bertz CT molecular complexity index is 1130. The Morgan fingerprint density at radius 1 is 1.24 bits per heavy atom. The fraction of sp³-hybridized carbons (Fsp3) is 0.458. The summed E-state index contributed by atoms with van der Waals surface area (Å²) < 4.78 is 1.98. The maximum absolute atomic E-state index is 10.9. The Labute approximate surface area is 199 Å². The third-order valence-electron chi connectivity index (χ3n) is 6.72. The average Bonchev–Trinajstić information content (AvgIpc) is 3.25. The number of rotatable bonds is 7. The first kappa shape index (κ1) is 22.1. The number of nitrogens with one attached hydrogen (secondary N) is 1. The molecule has 3 aromatic rings. The minimum Gasteiger partial charge on any atom is -0.361 e. The van der Waals surface area contributed by atoms with Crippen molar-refractivity contribution >= 4 is 23.4 Å². The second-order valence-corrected chi connectivity index (χ2v) is 9.68. The summed E-state index contributed by atoms with van der Waals surface area (Å²) in [6.07, 6.45) is 6.83. The Balaban J connectivity index is 1.38. The Morgan fingerprint density at radius 3 is 2.76 bits per heavy atom. The highest BCUT2D eigenvalue weighted by Crippen LogP contribution is 2.47. The number of benzene rings is 1. The second kappa shape index (κ2) is 8.59. The summed E-state index contributed by atoms with van der Waals surface area (Å²) in [5, 5.41) is 15.1. The fourth-order valence-corrected chi connectivity index (χ4v) is 4.75. The van der Waals surface area contributed by atoms with Crippen LogP contribution >= 0.6 is 11.6 Å². The number of aliphatic hydroxyl groups excluding tert-OH is 1. The van der Waals surface area contributed by atoms with Crippen molar-refractivity contribution in [3.05, 3.63) is 59.8 Å². The van der Waals surface area contributed by atoms with Gasteiger partial charge in [0.1, 0.15) is 5.82 Å². The molecule has 9 heteroatoms. The number of imidazole rings is 1. The zero-order valence-corrected chi connectivity index (χ0v) is 19.9. The summed E-state index contributed by atoms with van der Waals surface area (Å²) in [6, 6.07) is 9.76. The van der Waals surface area contributed by atoms with Gasteiger partial charge in [-0.3, -0.25) is 4.90 Å². The standard InChI is InChI=1S/C24H30ClN7O/c1-4-30-13-19(16(2)3)32(23(30)33)21-8-11-26-22(28-21)29-24(9-10-24)20-14-31(15-27-20)18-7-5-6-17(25)12-18/h5-8,11-12,14-16,19,23,33H,4,9-10,13H2,1-3H3,(H,26,28,29)/t19-,23?/m1/s1. The van der Waals surface area contributed by atoms with Gasteiger partial charge in [0.05, 0.1) is 17.6 Å². The molecule has 1 saturated heterocycles. The fourth-order valence-electron chi connectivity index (χ4n) is 4.57. The molecule has 0 amide bonds. The SMILES string of the molecule is CCN1C[C@H](C(C)C)N(c2ccnc(NC3(c4cn(-c5cccc(Cl)c5)cn4)CC3)n2)C1O. The molecule has 1 aliphatic carbocycles. The molecule has 2 aromatic heterocycles. The van der Waals surface area contributed by atoms with Gasteiger partial charge in [-0.25, -0.2) is 9.97 Å². The van der Waals surface area contributed by atoms with E-state index in [0.717, 1.165) is 43.1 Å². The smallest absolute Gasteiger partial charge is 0.225 e. The van der Waals surface area contributed by atoms with Gasteiger partial charge in [0.25, 0.3) is 0 Å². The van der Waals surface area contributed by atoms with E-state index in [0.29, 0.717) is 16.9 Å². The topological polar surface area (TPSA) is 82.3 Å². The average molecular weight is 468 g/mol. The molecule has 0 spiro atoms. The van der Waals surface area contributed by atoms with Crippen molar-refractivity contribution in [3.63, 3.8) is 0 Å². The molecule has 0 bridgehead atoms. The number of nitrogens with zero attached hydrogens (tertiary/aromatic N) is 6. The van der Waals surface area contributed by atoms with Gasteiger partial charge in [-0.1, -0.05) is 38.4 Å². The van der Waals surface area contributed by atoms with E-state index < -0.39 is 6.35 Å². The summed E-state index contributed by atoms with van der Waals surface area (Å²) in [5.74, 6) is 1.66. The number of hydrogen-bond acceptors (Lipinski definition) is 7. The Hall–Kier alpha value is -2.68. The number of anilines is 2. The first-order chi connectivity index (χ1) is 15.9. The van der Waals surface area contributed by atoms with Crippen LogP contribution in [0, 0.1) is 5.92 Å². The minimum absolute atomic E-state index is 0.186. The number of halogens is 1. The van der Waals surface area contributed by atoms with E-state index in [9.17, 15) is 5.11 Å². The van der Waals surface area contributed by atoms with Gasteiger partial charge in [-0.2, -0.15) is 4.98 Å². The molecule has 1 unspecified atom stereocenters. The predicted octanol–water partition coefficient (Wildman–Crippen LogP) is 3.86. The monoisotopic (exact) mass is 467 g/mol. The predicted molar refractivity (Wildman–Crippen MR) is 129 cm³/mol. The lowest BCUT2D eigenvalue weighted by Gasteiger charge is -2.31. The molecule has 0 radical (unpaired) electrons. The van der Waals surface area contributed by atoms with E-state index in [2.05, 4.69) is 41.0 Å². The van der Waals surface area contributed by atoms with Crippen molar-refractivity contribution in [2.75, 3.05) is 23.3 Å². The van der Waals surface area contributed by atoms with E-state index in [-0.39, 0.29) is 11.6 Å². The maximum atomic E-state index is 10.9. The molecule has 33 heavy (non-hydrogen) atoms. The minimum atomic E-state index is -0.687. The van der Waals surface area contributed by atoms with Gasteiger partial charge in [0.15, 0.2) is 6.35 Å². The lowest BCUT2D eigenvalue weighted by atomic mass is 10.0. The van der Waals surface area contributed by atoms with Crippen molar-refractivity contribution < 1.29 is 5.11 Å². The van der Waals surface area contributed by atoms with Crippen LogP contribution in [0.25, 0.3) is 5.69 Å².